The van der Waals surface area contributed by atoms with Crippen molar-refractivity contribution in [1.29, 1.82) is 0 Å². The largest absolute Gasteiger partial charge is 0.355 e. The van der Waals surface area contributed by atoms with Crippen molar-refractivity contribution >= 4 is 23.2 Å². The molecule has 30 heavy (non-hydrogen) atoms. The third-order valence-electron chi connectivity index (χ3n) is 5.18. The number of amides is 2. The van der Waals surface area contributed by atoms with E-state index in [0.29, 0.717) is 13.1 Å². The van der Waals surface area contributed by atoms with Crippen molar-refractivity contribution < 1.29 is 22.8 Å². The zero-order valence-corrected chi connectivity index (χ0v) is 17.4. The van der Waals surface area contributed by atoms with E-state index < -0.39 is 11.8 Å². The normalized spacial score (nSPS) is 18.3. The van der Waals surface area contributed by atoms with E-state index in [4.69, 9.17) is 0 Å². The van der Waals surface area contributed by atoms with Gasteiger partial charge in [-0.05, 0) is 12.1 Å². The van der Waals surface area contributed by atoms with Crippen molar-refractivity contribution in [3.05, 3.63) is 52.2 Å². The molecule has 0 bridgehead atoms. The maximum atomic E-state index is 12.8. The highest BCUT2D eigenvalue weighted by atomic mass is 32.1. The van der Waals surface area contributed by atoms with Gasteiger partial charge < -0.3 is 10.2 Å². The molecule has 1 N–H and O–H groups in total. The summed E-state index contributed by atoms with van der Waals surface area (Å²) in [5.74, 6) is -4.30. The lowest BCUT2D eigenvalue weighted by atomic mass is 9.80. The molecule has 162 valence electrons. The lowest BCUT2D eigenvalue weighted by Crippen LogP contribution is -2.47. The van der Waals surface area contributed by atoms with Gasteiger partial charge in [-0.1, -0.05) is 25.1 Å². The van der Waals surface area contributed by atoms with Crippen LogP contribution in [-0.4, -0.2) is 40.7 Å². The summed E-state index contributed by atoms with van der Waals surface area (Å²) in [6.45, 7) is 3.08. The van der Waals surface area contributed by atoms with Gasteiger partial charge in [-0.3, -0.25) is 9.59 Å². The lowest BCUT2D eigenvalue weighted by molar-refractivity contribution is -0.150. The fourth-order valence-corrected chi connectivity index (χ4v) is 4.14. The average Bonchev–Trinajstić information content (AvgIpc) is 3.18. The number of thiazole rings is 1. The van der Waals surface area contributed by atoms with Crippen LogP contribution in [0.2, 0.25) is 0 Å². The Hall–Kier alpha value is -2.42. The van der Waals surface area contributed by atoms with Crippen molar-refractivity contribution in [3.63, 3.8) is 0 Å². The van der Waals surface area contributed by atoms with Gasteiger partial charge in [-0.25, -0.2) is 18.2 Å². The summed E-state index contributed by atoms with van der Waals surface area (Å²) >= 11 is 1.61. The minimum absolute atomic E-state index is 0.0390. The van der Waals surface area contributed by atoms with Crippen LogP contribution in [0.4, 0.5) is 13.2 Å². The van der Waals surface area contributed by atoms with Gasteiger partial charge in [0, 0.05) is 43.1 Å². The van der Waals surface area contributed by atoms with E-state index in [1.165, 1.54) is 17.0 Å². The summed E-state index contributed by atoms with van der Waals surface area (Å²) in [5, 5.41) is 2.62. The van der Waals surface area contributed by atoms with Crippen molar-refractivity contribution in [3.8, 4) is 0 Å². The van der Waals surface area contributed by atoms with E-state index >= 15 is 0 Å². The second-order valence-electron chi connectivity index (χ2n) is 7.63. The maximum absolute atomic E-state index is 12.8. The molecule has 2 amide bonds. The highest BCUT2D eigenvalue weighted by Gasteiger charge is 2.48. The van der Waals surface area contributed by atoms with Gasteiger partial charge in [0.2, 0.25) is 17.7 Å². The Bertz CT molecular complexity index is 867. The third-order valence-corrected chi connectivity index (χ3v) is 6.12. The molecule has 4 rings (SSSR count). The van der Waals surface area contributed by atoms with Gasteiger partial charge in [0.1, 0.15) is 5.82 Å². The first kappa shape index (κ1) is 22.3. The van der Waals surface area contributed by atoms with E-state index in [1.54, 1.807) is 46.9 Å². The minimum Gasteiger partial charge on any atom is -0.355 e. The number of carbonyl (C=O) groups is 2. The second kappa shape index (κ2) is 9.59. The Labute approximate surface area is 177 Å². The van der Waals surface area contributed by atoms with Gasteiger partial charge in [-0.2, -0.15) is 0 Å². The van der Waals surface area contributed by atoms with Crippen LogP contribution < -0.4 is 5.32 Å². The van der Waals surface area contributed by atoms with E-state index in [2.05, 4.69) is 10.3 Å². The van der Waals surface area contributed by atoms with Crippen molar-refractivity contribution in [2.75, 3.05) is 13.1 Å². The van der Waals surface area contributed by atoms with Gasteiger partial charge >= 0.3 is 0 Å². The van der Waals surface area contributed by atoms with Crippen molar-refractivity contribution in [2.45, 2.75) is 38.7 Å². The van der Waals surface area contributed by atoms with E-state index in [-0.39, 0.29) is 42.9 Å². The number of benzene rings is 1. The van der Waals surface area contributed by atoms with E-state index in [1.807, 2.05) is 0 Å². The maximum Gasteiger partial charge on any atom is 0.249 e. The molecule has 9 heteroatoms. The van der Waals surface area contributed by atoms with Crippen LogP contribution >= 0.6 is 11.3 Å². The molecule has 2 aromatic rings. The quantitative estimate of drug-likeness (QED) is 0.791. The number of nitrogens with one attached hydrogen (secondary N) is 1. The molecule has 2 heterocycles. The number of hydrogen-bond acceptors (Lipinski definition) is 4. The van der Waals surface area contributed by atoms with Crippen LogP contribution in [0, 0.1) is 17.7 Å². The first-order valence-electron chi connectivity index (χ1n) is 9.81. The average molecular weight is 440 g/mol. The number of hydrogen-bond donors (Lipinski definition) is 1. The number of aromatic nitrogens is 1. The number of halogens is 3. The standard InChI is InChI=1S/C15H19F2N3O2S.C6H5F/c1-9(6-18-13(21)10-4-15(16,17)5-10)14(22)20-3-2-12-11(7-20)19-8-23-12;7-6-4-2-1-3-5-6/h8-10H,2-7H2,1H3,(H,18,21);1-5H. The van der Waals surface area contributed by atoms with E-state index in [9.17, 15) is 22.8 Å². The predicted octanol–water partition coefficient (Wildman–Crippen LogP) is 3.65. The molecule has 1 aliphatic carbocycles. The molecular formula is C21H24F3N3O2S. The van der Waals surface area contributed by atoms with Gasteiger partial charge in [0.15, 0.2) is 0 Å². The minimum atomic E-state index is -2.71. The van der Waals surface area contributed by atoms with Crippen LogP contribution in [0.5, 0.6) is 0 Å². The summed E-state index contributed by atoms with van der Waals surface area (Å²) in [7, 11) is 0. The van der Waals surface area contributed by atoms with Gasteiger partial charge in [0.25, 0.3) is 0 Å². The smallest absolute Gasteiger partial charge is 0.249 e. The van der Waals surface area contributed by atoms with Crippen LogP contribution in [-0.2, 0) is 22.6 Å². The monoisotopic (exact) mass is 439 g/mol. The van der Waals surface area contributed by atoms with E-state index in [0.717, 1.165) is 12.1 Å². The molecule has 5 nitrogen and oxygen atoms in total. The Balaban J connectivity index is 0.000000310. The molecule has 1 fully saturated rings. The number of alkyl halides is 2. The molecule has 1 aromatic carbocycles. The molecule has 0 saturated heterocycles. The summed E-state index contributed by atoms with van der Waals surface area (Å²) in [6, 6.07) is 7.94. The number of carbonyl (C=O) groups excluding carboxylic acids is 2. The SMILES string of the molecule is CC(CNC(=O)C1CC(F)(F)C1)C(=O)N1CCc2scnc2C1.Fc1ccccc1. The molecule has 1 unspecified atom stereocenters. The summed E-state index contributed by atoms with van der Waals surface area (Å²) < 4.78 is 37.4. The van der Waals surface area contributed by atoms with Crippen LogP contribution in [0.1, 0.15) is 30.3 Å². The van der Waals surface area contributed by atoms with Gasteiger partial charge in [0.05, 0.1) is 23.7 Å². The van der Waals surface area contributed by atoms with Gasteiger partial charge in [-0.15, -0.1) is 11.3 Å². The number of nitrogens with zero attached hydrogens (tertiary/aromatic N) is 2. The molecule has 1 atom stereocenters. The zero-order valence-electron chi connectivity index (χ0n) is 16.6. The highest BCUT2D eigenvalue weighted by molar-refractivity contribution is 7.09. The second-order valence-corrected chi connectivity index (χ2v) is 8.57. The number of rotatable bonds is 4. The van der Waals surface area contributed by atoms with Crippen LogP contribution in [0.3, 0.4) is 0 Å². The molecule has 1 aromatic heterocycles. The molecule has 1 saturated carbocycles. The first-order chi connectivity index (χ1) is 14.2. The predicted molar refractivity (Wildman–Crippen MR) is 107 cm³/mol. The highest BCUT2D eigenvalue weighted by Crippen LogP contribution is 2.42. The Kier molecular flexibility index (Phi) is 7.12. The first-order valence-corrected chi connectivity index (χ1v) is 10.7. The summed E-state index contributed by atoms with van der Waals surface area (Å²) in [5.41, 5.74) is 2.74. The fourth-order valence-electron chi connectivity index (χ4n) is 3.37. The molecular weight excluding hydrogens is 415 g/mol. The van der Waals surface area contributed by atoms with Crippen molar-refractivity contribution in [2.24, 2.45) is 11.8 Å². The summed E-state index contributed by atoms with van der Waals surface area (Å²) in [6.07, 6.45) is 0.0295. The molecule has 0 radical (unpaired) electrons. The van der Waals surface area contributed by atoms with Crippen LogP contribution in [0.15, 0.2) is 35.8 Å². The Morgan fingerprint density at radius 3 is 2.60 bits per heavy atom. The Morgan fingerprint density at radius 2 is 2.00 bits per heavy atom. The third kappa shape index (κ3) is 5.81. The number of fused-ring (bicyclic) bond motifs is 1. The topological polar surface area (TPSA) is 62.3 Å². The van der Waals surface area contributed by atoms with Crippen LogP contribution in [0.25, 0.3) is 0 Å². The molecule has 2 aliphatic rings. The van der Waals surface area contributed by atoms with Crippen molar-refractivity contribution in [1.82, 2.24) is 15.2 Å². The summed E-state index contributed by atoms with van der Waals surface area (Å²) in [4.78, 5) is 31.4. The fraction of sp³-hybridized carbons (Fsp3) is 0.476. The molecule has 0 spiro atoms. The zero-order chi connectivity index (χ0) is 21.7. The Morgan fingerprint density at radius 1 is 1.30 bits per heavy atom. The molecule has 1 aliphatic heterocycles. The lowest BCUT2D eigenvalue weighted by Gasteiger charge is -2.34.